The van der Waals surface area contributed by atoms with E-state index in [4.69, 9.17) is 9.26 Å². The fourth-order valence-electron chi connectivity index (χ4n) is 3.21. The maximum Gasteiger partial charge on any atom is 0.252 e. The van der Waals surface area contributed by atoms with E-state index in [0.29, 0.717) is 37.5 Å². The van der Waals surface area contributed by atoms with Crippen LogP contribution in [0.2, 0.25) is 0 Å². The van der Waals surface area contributed by atoms with E-state index in [0.717, 1.165) is 25.9 Å². The zero-order valence-corrected chi connectivity index (χ0v) is 12.5. The minimum Gasteiger partial charge on any atom is -0.375 e. The molecule has 3 rings (SSSR count). The fourth-order valence-corrected chi connectivity index (χ4v) is 3.21. The molecule has 116 valence electrons. The molecule has 1 aromatic heterocycles. The van der Waals surface area contributed by atoms with Crippen LogP contribution in [0.3, 0.4) is 0 Å². The van der Waals surface area contributed by atoms with Gasteiger partial charge in [-0.2, -0.15) is 4.98 Å². The highest BCUT2D eigenvalue weighted by atomic mass is 16.5. The van der Waals surface area contributed by atoms with Gasteiger partial charge < -0.3 is 14.2 Å². The van der Waals surface area contributed by atoms with Gasteiger partial charge in [0.15, 0.2) is 5.82 Å². The van der Waals surface area contributed by atoms with Gasteiger partial charge in [-0.1, -0.05) is 18.0 Å². The summed E-state index contributed by atoms with van der Waals surface area (Å²) >= 11 is 0. The Morgan fingerprint density at radius 3 is 2.86 bits per heavy atom. The van der Waals surface area contributed by atoms with E-state index in [2.05, 4.69) is 19.9 Å². The highest BCUT2D eigenvalue weighted by molar-refractivity contribution is 5.79. The van der Waals surface area contributed by atoms with Gasteiger partial charge in [-0.15, -0.1) is 0 Å². The number of amides is 1. The minimum absolute atomic E-state index is 0.230. The molecule has 7 nitrogen and oxygen atoms in total. The van der Waals surface area contributed by atoms with Crippen LogP contribution in [0.15, 0.2) is 4.52 Å². The van der Waals surface area contributed by atoms with Crippen molar-refractivity contribution < 1.29 is 14.1 Å². The van der Waals surface area contributed by atoms with Gasteiger partial charge in [0.2, 0.25) is 5.91 Å². The normalized spacial score (nSPS) is 21.4. The van der Waals surface area contributed by atoms with Crippen LogP contribution < -0.4 is 0 Å². The molecule has 0 radical (unpaired) electrons. The summed E-state index contributed by atoms with van der Waals surface area (Å²) < 4.78 is 10.0. The third kappa shape index (κ3) is 3.41. The summed E-state index contributed by atoms with van der Waals surface area (Å²) in [5.41, 5.74) is 0. The molecule has 1 amide bonds. The molecule has 2 aliphatic rings. The van der Waals surface area contributed by atoms with Gasteiger partial charge >= 0.3 is 0 Å². The smallest absolute Gasteiger partial charge is 0.252 e. The number of methoxy groups -OCH3 is 1. The van der Waals surface area contributed by atoms with E-state index in [-0.39, 0.29) is 5.91 Å². The van der Waals surface area contributed by atoms with Crippen LogP contribution in [0.1, 0.15) is 37.4 Å². The Morgan fingerprint density at radius 1 is 1.33 bits per heavy atom. The summed E-state index contributed by atoms with van der Waals surface area (Å²) in [6, 6.07) is 0.470. The fraction of sp³-hybridized carbons (Fsp3) is 0.786. The third-order valence-corrected chi connectivity index (χ3v) is 4.24. The average Bonchev–Trinajstić information content (AvgIpc) is 3.11. The number of nitrogens with zero attached hydrogens (tertiary/aromatic N) is 4. The molecule has 1 saturated carbocycles. The summed E-state index contributed by atoms with van der Waals surface area (Å²) in [4.78, 5) is 20.7. The molecular formula is C14H22N4O3. The zero-order chi connectivity index (χ0) is 14.7. The van der Waals surface area contributed by atoms with E-state index in [1.165, 1.54) is 12.8 Å². The van der Waals surface area contributed by atoms with Gasteiger partial charge in [-0.25, -0.2) is 0 Å². The van der Waals surface area contributed by atoms with Gasteiger partial charge in [-0.05, 0) is 12.8 Å². The molecule has 0 bridgehead atoms. The largest absolute Gasteiger partial charge is 0.375 e. The van der Waals surface area contributed by atoms with Gasteiger partial charge in [0.25, 0.3) is 5.89 Å². The zero-order valence-electron chi connectivity index (χ0n) is 12.5. The van der Waals surface area contributed by atoms with Crippen molar-refractivity contribution in [3.05, 3.63) is 11.7 Å². The molecule has 1 aromatic rings. The quantitative estimate of drug-likeness (QED) is 0.800. The summed E-state index contributed by atoms with van der Waals surface area (Å²) in [6.07, 6.45) is 4.83. The SMILES string of the molecule is COCc1nc(CN2CCN(C3CCCC3)C(=O)C2)no1. The van der Waals surface area contributed by atoms with E-state index in [1.807, 2.05) is 0 Å². The van der Waals surface area contributed by atoms with Gasteiger partial charge in [0.1, 0.15) is 6.61 Å². The highest BCUT2D eigenvalue weighted by Gasteiger charge is 2.31. The molecule has 2 heterocycles. The maximum absolute atomic E-state index is 12.3. The first-order chi connectivity index (χ1) is 10.3. The molecule has 1 saturated heterocycles. The van der Waals surface area contributed by atoms with Crippen LogP contribution >= 0.6 is 0 Å². The van der Waals surface area contributed by atoms with Crippen molar-refractivity contribution in [1.82, 2.24) is 19.9 Å². The standard InChI is InChI=1S/C14H22N4O3/c1-20-10-13-15-12(16-21-13)8-17-6-7-18(14(19)9-17)11-4-2-3-5-11/h11H,2-10H2,1H3. The molecule has 7 heteroatoms. The highest BCUT2D eigenvalue weighted by Crippen LogP contribution is 2.25. The molecular weight excluding hydrogens is 272 g/mol. The molecule has 1 aliphatic carbocycles. The van der Waals surface area contributed by atoms with Gasteiger partial charge in [-0.3, -0.25) is 9.69 Å². The lowest BCUT2D eigenvalue weighted by atomic mass is 10.1. The number of aromatic nitrogens is 2. The number of carbonyl (C=O) groups is 1. The average molecular weight is 294 g/mol. The van der Waals surface area contributed by atoms with Gasteiger partial charge in [0.05, 0.1) is 13.1 Å². The molecule has 1 aliphatic heterocycles. The molecule has 0 aromatic carbocycles. The first kappa shape index (κ1) is 14.5. The molecule has 2 fully saturated rings. The lowest BCUT2D eigenvalue weighted by molar-refractivity contribution is -0.138. The monoisotopic (exact) mass is 294 g/mol. The summed E-state index contributed by atoms with van der Waals surface area (Å²) in [7, 11) is 1.59. The van der Waals surface area contributed by atoms with Crippen molar-refractivity contribution in [2.75, 3.05) is 26.7 Å². The Balaban J connectivity index is 1.52. The number of ether oxygens (including phenoxy) is 1. The van der Waals surface area contributed by atoms with Crippen molar-refractivity contribution in [2.45, 2.75) is 44.9 Å². The van der Waals surface area contributed by atoms with Crippen molar-refractivity contribution in [1.29, 1.82) is 0 Å². The summed E-state index contributed by atoms with van der Waals surface area (Å²) in [6.45, 7) is 3.01. The first-order valence-corrected chi connectivity index (χ1v) is 7.58. The van der Waals surface area contributed by atoms with E-state index >= 15 is 0 Å². The Morgan fingerprint density at radius 2 is 2.14 bits per heavy atom. The van der Waals surface area contributed by atoms with E-state index in [9.17, 15) is 4.79 Å². The van der Waals surface area contributed by atoms with Crippen molar-refractivity contribution >= 4 is 5.91 Å². The maximum atomic E-state index is 12.3. The van der Waals surface area contributed by atoms with Crippen LogP contribution in [0.4, 0.5) is 0 Å². The van der Waals surface area contributed by atoms with E-state index < -0.39 is 0 Å². The minimum atomic E-state index is 0.230. The Hall–Kier alpha value is -1.47. The van der Waals surface area contributed by atoms with Crippen LogP contribution in [-0.4, -0.2) is 58.6 Å². The van der Waals surface area contributed by atoms with Crippen molar-refractivity contribution in [3.63, 3.8) is 0 Å². The predicted octanol–water partition coefficient (Wildman–Crippen LogP) is 0.803. The number of hydrogen-bond donors (Lipinski definition) is 0. The number of piperazine rings is 1. The Kier molecular flexibility index (Phi) is 4.50. The van der Waals surface area contributed by atoms with Crippen molar-refractivity contribution in [3.8, 4) is 0 Å². The topological polar surface area (TPSA) is 71.7 Å². The molecule has 21 heavy (non-hydrogen) atoms. The lowest BCUT2D eigenvalue weighted by Crippen LogP contribution is -2.53. The number of rotatable bonds is 5. The van der Waals surface area contributed by atoms with Crippen LogP contribution in [0.5, 0.6) is 0 Å². The summed E-state index contributed by atoms with van der Waals surface area (Å²) in [5.74, 6) is 1.32. The Bertz CT molecular complexity index is 484. The second-order valence-electron chi connectivity index (χ2n) is 5.77. The van der Waals surface area contributed by atoms with Crippen molar-refractivity contribution in [2.24, 2.45) is 0 Å². The van der Waals surface area contributed by atoms with Crippen LogP contribution in [0.25, 0.3) is 0 Å². The summed E-state index contributed by atoms with van der Waals surface area (Å²) in [5, 5.41) is 3.92. The second kappa shape index (κ2) is 6.53. The third-order valence-electron chi connectivity index (χ3n) is 4.24. The lowest BCUT2D eigenvalue weighted by Gasteiger charge is -2.37. The molecule has 0 spiro atoms. The Labute approximate surface area is 124 Å². The number of hydrogen-bond acceptors (Lipinski definition) is 6. The van der Waals surface area contributed by atoms with Crippen LogP contribution in [-0.2, 0) is 22.7 Å². The number of carbonyl (C=O) groups excluding carboxylic acids is 1. The second-order valence-corrected chi connectivity index (χ2v) is 5.77. The first-order valence-electron chi connectivity index (χ1n) is 7.58. The molecule has 0 atom stereocenters. The predicted molar refractivity (Wildman–Crippen MR) is 74.3 cm³/mol. The van der Waals surface area contributed by atoms with E-state index in [1.54, 1.807) is 7.11 Å². The van der Waals surface area contributed by atoms with Crippen LogP contribution in [0, 0.1) is 0 Å². The molecule has 0 unspecified atom stereocenters. The van der Waals surface area contributed by atoms with Gasteiger partial charge in [0, 0.05) is 26.2 Å². The molecule has 0 N–H and O–H groups in total.